The van der Waals surface area contributed by atoms with E-state index in [1.807, 2.05) is 0 Å². The second-order valence-corrected chi connectivity index (χ2v) is 5.41. The maximum atomic E-state index is 12.2. The van der Waals surface area contributed by atoms with Gasteiger partial charge in [0.05, 0.1) is 11.8 Å². The van der Waals surface area contributed by atoms with Crippen LogP contribution in [0.25, 0.3) is 0 Å². The summed E-state index contributed by atoms with van der Waals surface area (Å²) < 4.78 is 61.8. The normalized spacial score (nSPS) is 14.6. The van der Waals surface area contributed by atoms with Crippen molar-refractivity contribution in [1.82, 2.24) is 0 Å². The highest BCUT2D eigenvalue weighted by Crippen LogP contribution is 2.25. The standard InChI is InChI=1S/C12H12F3NO4S/c1-2-10(17)8-11(9-6-4-3-5-7-9)16-20-21(18,19)12(13,14)15/h2-7,10,17H,1,8H2. The van der Waals surface area contributed by atoms with Gasteiger partial charge in [-0.15, -0.1) is 6.58 Å². The highest BCUT2D eigenvalue weighted by Gasteiger charge is 2.49. The van der Waals surface area contributed by atoms with Crippen LogP contribution in [-0.4, -0.2) is 30.8 Å². The van der Waals surface area contributed by atoms with Crippen LogP contribution in [0.1, 0.15) is 12.0 Å². The van der Waals surface area contributed by atoms with Gasteiger partial charge in [0.25, 0.3) is 0 Å². The predicted octanol–water partition coefficient (Wildman–Crippen LogP) is 2.19. The highest BCUT2D eigenvalue weighted by molar-refractivity contribution is 7.87. The Bertz CT molecular complexity index is 611. The van der Waals surface area contributed by atoms with Crippen LogP contribution in [0.3, 0.4) is 0 Å². The zero-order valence-electron chi connectivity index (χ0n) is 10.6. The summed E-state index contributed by atoms with van der Waals surface area (Å²) in [7, 11) is -5.84. The Morgan fingerprint density at radius 3 is 2.43 bits per heavy atom. The minimum absolute atomic E-state index is 0.157. The van der Waals surface area contributed by atoms with Crippen molar-refractivity contribution in [2.24, 2.45) is 5.16 Å². The predicted molar refractivity (Wildman–Crippen MR) is 69.9 cm³/mol. The lowest BCUT2D eigenvalue weighted by atomic mass is 10.0. The fourth-order valence-electron chi connectivity index (χ4n) is 1.26. The molecule has 0 saturated carbocycles. The number of hydrogen-bond acceptors (Lipinski definition) is 5. The first-order chi connectivity index (χ1) is 9.67. The van der Waals surface area contributed by atoms with Crippen LogP contribution < -0.4 is 0 Å². The average Bonchev–Trinajstić information content (AvgIpc) is 2.42. The van der Waals surface area contributed by atoms with Crippen LogP contribution in [0.4, 0.5) is 13.2 Å². The second-order valence-electron chi connectivity index (χ2n) is 3.89. The molecule has 0 radical (unpaired) electrons. The Labute approximate surface area is 119 Å². The lowest BCUT2D eigenvalue weighted by Crippen LogP contribution is -2.24. The van der Waals surface area contributed by atoms with Gasteiger partial charge in [-0.1, -0.05) is 41.6 Å². The van der Waals surface area contributed by atoms with E-state index in [-0.39, 0.29) is 12.1 Å². The summed E-state index contributed by atoms with van der Waals surface area (Å²) >= 11 is 0. The molecule has 0 aliphatic heterocycles. The van der Waals surface area contributed by atoms with Crippen molar-refractivity contribution in [3.63, 3.8) is 0 Å². The van der Waals surface area contributed by atoms with E-state index in [1.54, 1.807) is 18.2 Å². The van der Waals surface area contributed by atoms with E-state index in [9.17, 15) is 26.7 Å². The maximum Gasteiger partial charge on any atom is 0.536 e. The molecule has 0 saturated heterocycles. The van der Waals surface area contributed by atoms with Crippen molar-refractivity contribution in [3.05, 3.63) is 48.6 Å². The number of aliphatic hydroxyl groups is 1. The molecule has 0 aromatic heterocycles. The van der Waals surface area contributed by atoms with Crippen molar-refractivity contribution in [3.8, 4) is 0 Å². The average molecular weight is 323 g/mol. The van der Waals surface area contributed by atoms with Gasteiger partial charge in [-0.05, 0) is 5.56 Å². The van der Waals surface area contributed by atoms with E-state index in [4.69, 9.17) is 0 Å². The van der Waals surface area contributed by atoms with E-state index in [2.05, 4.69) is 16.0 Å². The third-order valence-electron chi connectivity index (χ3n) is 2.31. The highest BCUT2D eigenvalue weighted by atomic mass is 32.2. The Hall–Kier alpha value is -1.87. The molecule has 0 amide bonds. The third-order valence-corrected chi connectivity index (χ3v) is 3.15. The topological polar surface area (TPSA) is 76.0 Å². The van der Waals surface area contributed by atoms with Crippen LogP contribution in [0.5, 0.6) is 0 Å². The minimum Gasteiger partial charge on any atom is -0.389 e. The van der Waals surface area contributed by atoms with E-state index in [1.165, 1.54) is 12.1 Å². The molecule has 9 heteroatoms. The van der Waals surface area contributed by atoms with Crippen molar-refractivity contribution in [2.45, 2.75) is 18.0 Å². The van der Waals surface area contributed by atoms with Gasteiger partial charge >= 0.3 is 15.6 Å². The Kier molecular flexibility index (Phi) is 5.50. The number of aliphatic hydroxyl groups excluding tert-OH is 1. The molecule has 1 unspecified atom stereocenters. The lowest BCUT2D eigenvalue weighted by molar-refractivity contribution is -0.0541. The monoisotopic (exact) mass is 323 g/mol. The zero-order chi connectivity index (χ0) is 16.1. The minimum atomic E-state index is -5.84. The molecule has 1 N–H and O–H groups in total. The van der Waals surface area contributed by atoms with Crippen molar-refractivity contribution < 1.29 is 31.0 Å². The quantitative estimate of drug-likeness (QED) is 0.377. The summed E-state index contributed by atoms with van der Waals surface area (Å²) in [5, 5.41) is 12.5. The van der Waals surface area contributed by atoms with Gasteiger partial charge in [-0.2, -0.15) is 21.6 Å². The molecular weight excluding hydrogens is 311 g/mol. The summed E-state index contributed by atoms with van der Waals surface area (Å²) in [5.74, 6) is 0. The van der Waals surface area contributed by atoms with E-state index >= 15 is 0 Å². The fourth-order valence-corrected chi connectivity index (χ4v) is 1.53. The molecule has 1 aromatic rings. The van der Waals surface area contributed by atoms with Gasteiger partial charge in [-0.3, -0.25) is 4.28 Å². The summed E-state index contributed by atoms with van der Waals surface area (Å²) in [6.07, 6.45) is -0.224. The maximum absolute atomic E-state index is 12.2. The molecule has 1 aromatic carbocycles. The van der Waals surface area contributed by atoms with E-state index in [0.29, 0.717) is 5.56 Å². The Morgan fingerprint density at radius 1 is 1.38 bits per heavy atom. The van der Waals surface area contributed by atoms with Gasteiger partial charge < -0.3 is 5.11 Å². The number of alkyl halides is 3. The molecule has 5 nitrogen and oxygen atoms in total. The van der Waals surface area contributed by atoms with Gasteiger partial charge in [-0.25, -0.2) is 0 Å². The van der Waals surface area contributed by atoms with Crippen LogP contribution in [0.2, 0.25) is 0 Å². The molecular formula is C12H12F3NO4S. The molecule has 116 valence electrons. The lowest BCUT2D eigenvalue weighted by Gasteiger charge is -2.10. The molecule has 0 heterocycles. The summed E-state index contributed by atoms with van der Waals surface area (Å²) in [4.78, 5) is 0. The molecule has 21 heavy (non-hydrogen) atoms. The molecule has 1 rings (SSSR count). The SMILES string of the molecule is C=CC(O)CC(=NOS(=O)(=O)C(F)(F)F)c1ccccc1. The van der Waals surface area contributed by atoms with Gasteiger partial charge in [0.2, 0.25) is 0 Å². The Balaban J connectivity index is 3.08. The van der Waals surface area contributed by atoms with Crippen LogP contribution >= 0.6 is 0 Å². The zero-order valence-corrected chi connectivity index (χ0v) is 11.4. The fraction of sp³-hybridized carbons (Fsp3) is 0.250. The van der Waals surface area contributed by atoms with Crippen molar-refractivity contribution >= 4 is 15.8 Å². The Morgan fingerprint density at radius 2 is 1.95 bits per heavy atom. The molecule has 0 bridgehead atoms. The second kappa shape index (κ2) is 6.72. The third kappa shape index (κ3) is 4.87. The van der Waals surface area contributed by atoms with Crippen LogP contribution in [0, 0.1) is 0 Å². The summed E-state index contributed by atoms with van der Waals surface area (Å²) in [6, 6.07) is 7.77. The van der Waals surface area contributed by atoms with Crippen LogP contribution in [-0.2, 0) is 14.4 Å². The number of halogens is 3. The van der Waals surface area contributed by atoms with E-state index < -0.39 is 21.7 Å². The molecule has 1 atom stereocenters. The number of benzene rings is 1. The number of oxime groups is 1. The number of hydrogen-bond donors (Lipinski definition) is 1. The van der Waals surface area contributed by atoms with Gasteiger partial charge in [0, 0.05) is 6.42 Å². The molecule has 0 spiro atoms. The smallest absolute Gasteiger partial charge is 0.389 e. The van der Waals surface area contributed by atoms with Gasteiger partial charge in [0.15, 0.2) is 0 Å². The summed E-state index contributed by atoms with van der Waals surface area (Å²) in [5.41, 5.74) is -5.42. The number of nitrogens with zero attached hydrogens (tertiary/aromatic N) is 1. The first-order valence-corrected chi connectivity index (χ1v) is 7.01. The first-order valence-electron chi connectivity index (χ1n) is 5.60. The van der Waals surface area contributed by atoms with Crippen molar-refractivity contribution in [1.29, 1.82) is 0 Å². The van der Waals surface area contributed by atoms with Gasteiger partial charge in [0.1, 0.15) is 0 Å². The molecule has 0 aliphatic rings. The van der Waals surface area contributed by atoms with Crippen molar-refractivity contribution in [2.75, 3.05) is 0 Å². The largest absolute Gasteiger partial charge is 0.536 e. The number of rotatable bonds is 6. The molecule has 0 fully saturated rings. The van der Waals surface area contributed by atoms with E-state index in [0.717, 1.165) is 6.08 Å². The first kappa shape index (κ1) is 17.2. The van der Waals surface area contributed by atoms with Crippen LogP contribution in [0.15, 0.2) is 48.1 Å². The summed E-state index contributed by atoms with van der Waals surface area (Å²) in [6.45, 7) is 3.31. The molecule has 0 aliphatic carbocycles.